The Bertz CT molecular complexity index is 1660. The zero-order chi connectivity index (χ0) is 41.3. The van der Waals surface area contributed by atoms with E-state index in [1.165, 1.54) is 5.57 Å². The first-order valence-corrected chi connectivity index (χ1v) is 21.7. The van der Waals surface area contributed by atoms with E-state index in [2.05, 4.69) is 77.2 Å². The van der Waals surface area contributed by atoms with Crippen LogP contribution in [0.2, 0.25) is 0 Å². The van der Waals surface area contributed by atoms with Crippen LogP contribution in [0.5, 0.6) is 0 Å². The molecule has 0 spiro atoms. The van der Waals surface area contributed by atoms with Gasteiger partial charge in [0.25, 0.3) is 0 Å². The molecule has 11 nitrogen and oxygen atoms in total. The predicted octanol–water partition coefficient (Wildman–Crippen LogP) is 5.19. The summed E-state index contributed by atoms with van der Waals surface area (Å²) >= 11 is 0. The molecule has 57 heavy (non-hydrogen) atoms. The van der Waals surface area contributed by atoms with Crippen molar-refractivity contribution in [2.24, 2.45) is 56.2 Å². The number of aliphatic carboxylic acids is 1. The second-order valence-electron chi connectivity index (χ2n) is 20.5. The molecule has 1 aromatic rings. The van der Waals surface area contributed by atoms with Gasteiger partial charge in [-0.05, 0) is 115 Å². The summed E-state index contributed by atoms with van der Waals surface area (Å²) in [6.45, 7) is 14.5. The Kier molecular flexibility index (Phi) is 11.8. The molecule has 0 unspecified atom stereocenters. The zero-order valence-corrected chi connectivity index (χ0v) is 35.4. The highest BCUT2D eigenvalue weighted by Gasteiger charge is 2.73. The van der Waals surface area contributed by atoms with E-state index < -0.39 is 53.6 Å². The van der Waals surface area contributed by atoms with Gasteiger partial charge in [0.15, 0.2) is 6.29 Å². The third kappa shape index (κ3) is 6.60. The molecule has 320 valence electrons. The second-order valence-corrected chi connectivity index (χ2v) is 20.5. The summed E-state index contributed by atoms with van der Waals surface area (Å²) in [5, 5.41) is 68.3. The Hall–Kier alpha value is -1.93. The number of fused-ring (bicyclic) bond motifs is 7. The molecule has 0 amide bonds. The molecule has 0 radical (unpaired) electrons. The minimum absolute atomic E-state index is 0.00249. The van der Waals surface area contributed by atoms with E-state index >= 15 is 0 Å². The molecular weight excluding hydrogens is 727 g/mol. The van der Waals surface area contributed by atoms with E-state index in [0.717, 1.165) is 43.4 Å². The van der Waals surface area contributed by atoms with Crippen LogP contribution in [0.25, 0.3) is 0 Å². The maximum atomic E-state index is 13.4. The zero-order valence-electron chi connectivity index (χ0n) is 35.4. The van der Waals surface area contributed by atoms with Crippen molar-refractivity contribution < 1.29 is 49.6 Å². The summed E-state index contributed by atoms with van der Waals surface area (Å²) in [5.41, 5.74) is 0.671. The van der Waals surface area contributed by atoms with Crippen molar-refractivity contribution in [1.29, 1.82) is 0 Å². The molecule has 0 aromatic heterocycles. The van der Waals surface area contributed by atoms with Gasteiger partial charge in [0, 0.05) is 18.6 Å². The van der Waals surface area contributed by atoms with Crippen molar-refractivity contribution in [2.45, 2.75) is 149 Å². The number of hydrogen-bond acceptors (Lipinski definition) is 10. The minimum atomic E-state index is -1.48. The molecule has 1 heterocycles. The number of aliphatic hydroxyl groups is 5. The fourth-order valence-corrected chi connectivity index (χ4v) is 14.2. The lowest BCUT2D eigenvalue weighted by molar-refractivity contribution is -0.333. The Morgan fingerprint density at radius 2 is 1.61 bits per heavy atom. The van der Waals surface area contributed by atoms with E-state index in [1.807, 2.05) is 7.05 Å². The standard InChI is InChI=1S/C46H71NO10/c1-8-29-19-46(40(53)54)18-17-41(2,25-48)20-31(46)30-13-14-35-42(3)21-33(55-23-28-11-9-27(10-12-28)22-47-7)38(57-39-37(52)36(51)32(50)24-56-39)43(4,26-49)34(42)15-16-44(35,5)45(29,30)6/h9-13,29,31-39,47-52H,8,14-26H2,1-7H3,(H,53,54)/t29-,31+,32-,33-,34-,35+,36+,37-,38-,39-,41+,42+,43+,44-,45-,46-/m1/s1. The maximum absolute atomic E-state index is 13.4. The van der Waals surface area contributed by atoms with E-state index in [4.69, 9.17) is 14.2 Å². The highest BCUT2D eigenvalue weighted by molar-refractivity contribution is 5.77. The monoisotopic (exact) mass is 798 g/mol. The summed E-state index contributed by atoms with van der Waals surface area (Å²) in [7, 11) is 1.92. The summed E-state index contributed by atoms with van der Waals surface area (Å²) in [4.78, 5) is 13.4. The van der Waals surface area contributed by atoms with Crippen LogP contribution in [0, 0.1) is 56.2 Å². The molecule has 7 N–H and O–H groups in total. The van der Waals surface area contributed by atoms with Crippen LogP contribution in [0.15, 0.2) is 35.9 Å². The maximum Gasteiger partial charge on any atom is 0.310 e. The third-order valence-electron chi connectivity index (χ3n) is 17.7. The van der Waals surface area contributed by atoms with Gasteiger partial charge in [0.05, 0.1) is 37.4 Å². The Labute approximate surface area is 339 Å². The van der Waals surface area contributed by atoms with E-state index in [9.17, 15) is 35.4 Å². The van der Waals surface area contributed by atoms with Crippen molar-refractivity contribution >= 4 is 5.97 Å². The molecule has 16 atom stereocenters. The Morgan fingerprint density at radius 3 is 2.25 bits per heavy atom. The molecule has 11 heteroatoms. The van der Waals surface area contributed by atoms with Gasteiger partial charge < -0.3 is 50.2 Å². The lowest BCUT2D eigenvalue weighted by Gasteiger charge is -2.73. The quantitative estimate of drug-likeness (QED) is 0.116. The van der Waals surface area contributed by atoms with Gasteiger partial charge in [-0.15, -0.1) is 0 Å². The predicted molar refractivity (Wildman–Crippen MR) is 214 cm³/mol. The van der Waals surface area contributed by atoms with E-state index in [-0.39, 0.29) is 65.2 Å². The molecule has 4 saturated carbocycles. The molecule has 1 aliphatic heterocycles. The number of carboxylic acid groups (broad SMARTS) is 1. The van der Waals surface area contributed by atoms with Crippen LogP contribution in [0.1, 0.15) is 110 Å². The first-order chi connectivity index (χ1) is 26.9. The number of ether oxygens (including phenoxy) is 3. The average Bonchev–Trinajstić information content (AvgIpc) is 3.18. The van der Waals surface area contributed by atoms with Gasteiger partial charge in [-0.25, -0.2) is 0 Å². The first kappa shape index (κ1) is 43.2. The number of allylic oxidation sites excluding steroid dienone is 2. The number of hydrogen-bond donors (Lipinski definition) is 7. The molecule has 5 fully saturated rings. The van der Waals surface area contributed by atoms with E-state index in [1.54, 1.807) is 0 Å². The van der Waals surface area contributed by atoms with Crippen molar-refractivity contribution in [1.82, 2.24) is 5.32 Å². The van der Waals surface area contributed by atoms with Gasteiger partial charge >= 0.3 is 5.97 Å². The molecule has 1 aromatic carbocycles. The molecule has 6 aliphatic rings. The van der Waals surface area contributed by atoms with Crippen LogP contribution < -0.4 is 5.32 Å². The second kappa shape index (κ2) is 15.5. The van der Waals surface area contributed by atoms with Crippen LogP contribution in [-0.4, -0.2) is 100 Å². The van der Waals surface area contributed by atoms with E-state index in [0.29, 0.717) is 38.7 Å². The Balaban J connectivity index is 1.29. The third-order valence-corrected chi connectivity index (χ3v) is 17.7. The average molecular weight is 798 g/mol. The van der Waals surface area contributed by atoms with Crippen LogP contribution in [-0.2, 0) is 32.2 Å². The smallest absolute Gasteiger partial charge is 0.310 e. The SMILES string of the molecule is CC[C@@H]1C[C@]2(C(=O)O)CC[C@](C)(CO)C[C@H]2C2=CC[C@H]3[C@@]4(C)C[C@@H](OCc5ccc(CNC)cc5)[C@@H](O[C@H]5OC[C@@H](O)[C@H](O)[C@H]5O)[C@@](C)(CO)[C@@H]4CC[C@@]3(C)[C@@]21C. The molecule has 1 saturated heterocycles. The fourth-order valence-electron chi connectivity index (χ4n) is 14.2. The van der Waals surface area contributed by atoms with Crippen molar-refractivity contribution in [2.75, 3.05) is 26.9 Å². The summed E-state index contributed by atoms with van der Waals surface area (Å²) < 4.78 is 19.5. The fraction of sp³-hybridized carbons (Fsp3) is 0.804. The molecule has 5 aliphatic carbocycles. The van der Waals surface area contributed by atoms with Crippen molar-refractivity contribution in [3.8, 4) is 0 Å². The van der Waals surface area contributed by atoms with Gasteiger partial charge in [0.1, 0.15) is 18.3 Å². The molecular formula is C46H71NO10. The molecule has 0 bridgehead atoms. The lowest BCUT2D eigenvalue weighted by atomic mass is 9.31. The van der Waals surface area contributed by atoms with Gasteiger partial charge in [-0.1, -0.05) is 83.9 Å². The largest absolute Gasteiger partial charge is 0.481 e. The number of carboxylic acids is 1. The van der Waals surface area contributed by atoms with Crippen LogP contribution >= 0.6 is 0 Å². The summed E-state index contributed by atoms with van der Waals surface area (Å²) in [6, 6.07) is 8.30. The number of rotatable bonds is 11. The highest BCUT2D eigenvalue weighted by atomic mass is 16.7. The van der Waals surface area contributed by atoms with Crippen LogP contribution in [0.4, 0.5) is 0 Å². The first-order valence-electron chi connectivity index (χ1n) is 21.7. The van der Waals surface area contributed by atoms with Gasteiger partial charge in [-0.2, -0.15) is 0 Å². The normalized spacial score (nSPS) is 48.2. The number of nitrogens with one attached hydrogen (secondary N) is 1. The summed E-state index contributed by atoms with van der Waals surface area (Å²) in [5.74, 6) is -0.488. The number of aliphatic hydroxyl groups excluding tert-OH is 5. The minimum Gasteiger partial charge on any atom is -0.481 e. The van der Waals surface area contributed by atoms with Crippen LogP contribution in [0.3, 0.4) is 0 Å². The molecule has 7 rings (SSSR count). The number of carbonyl (C=O) groups is 1. The van der Waals surface area contributed by atoms with Gasteiger partial charge in [0.2, 0.25) is 0 Å². The van der Waals surface area contributed by atoms with Crippen molar-refractivity contribution in [3.63, 3.8) is 0 Å². The topological polar surface area (TPSA) is 178 Å². The lowest BCUT2D eigenvalue weighted by Crippen LogP contribution is -2.70. The Morgan fingerprint density at radius 1 is 0.912 bits per heavy atom. The number of benzene rings is 1. The van der Waals surface area contributed by atoms with Gasteiger partial charge in [-0.3, -0.25) is 4.79 Å². The highest BCUT2D eigenvalue weighted by Crippen LogP contribution is 2.77. The summed E-state index contributed by atoms with van der Waals surface area (Å²) in [6.07, 6.45) is 2.43. The van der Waals surface area contributed by atoms with Crippen molar-refractivity contribution in [3.05, 3.63) is 47.0 Å².